The highest BCUT2D eigenvalue weighted by Gasteiger charge is 2.27. The van der Waals surface area contributed by atoms with Crippen molar-refractivity contribution in [1.82, 2.24) is 4.98 Å². The van der Waals surface area contributed by atoms with Crippen LogP contribution in [0, 0.1) is 11.2 Å². The van der Waals surface area contributed by atoms with Gasteiger partial charge in [-0.3, -0.25) is 4.79 Å². The normalized spacial score (nSPS) is 11.4. The van der Waals surface area contributed by atoms with Gasteiger partial charge < -0.3 is 5.11 Å². The standard InChI is InChI=1S/C16H15ClFNO2/c1-16(2,15(20)21)9-10-4-3-5-11(8-10)14-12(18)6-7-13(17)19-14/h3-8H,9H2,1-2H3,(H,20,21). The van der Waals surface area contributed by atoms with E-state index >= 15 is 0 Å². The predicted molar refractivity (Wildman–Crippen MR) is 79.8 cm³/mol. The molecular formula is C16H15ClFNO2. The highest BCUT2D eigenvalue weighted by atomic mass is 35.5. The number of nitrogens with zero attached hydrogens (tertiary/aromatic N) is 1. The minimum atomic E-state index is -0.890. The zero-order chi connectivity index (χ0) is 15.6. The number of rotatable bonds is 4. The Morgan fingerprint density at radius 2 is 2.05 bits per heavy atom. The fraction of sp³-hybridized carbons (Fsp3) is 0.250. The second-order valence-corrected chi connectivity index (χ2v) is 5.92. The van der Waals surface area contributed by atoms with E-state index in [-0.39, 0.29) is 10.8 Å². The van der Waals surface area contributed by atoms with Crippen LogP contribution in [-0.4, -0.2) is 16.1 Å². The van der Waals surface area contributed by atoms with Crippen molar-refractivity contribution in [3.8, 4) is 11.3 Å². The van der Waals surface area contributed by atoms with Crippen LogP contribution in [-0.2, 0) is 11.2 Å². The summed E-state index contributed by atoms with van der Waals surface area (Å²) in [6, 6.07) is 9.68. The summed E-state index contributed by atoms with van der Waals surface area (Å²) < 4.78 is 13.8. The molecule has 0 aliphatic rings. The zero-order valence-electron chi connectivity index (χ0n) is 11.7. The van der Waals surface area contributed by atoms with Gasteiger partial charge in [0.25, 0.3) is 0 Å². The molecule has 0 aliphatic carbocycles. The lowest BCUT2D eigenvalue weighted by molar-refractivity contribution is -0.146. The monoisotopic (exact) mass is 307 g/mol. The highest BCUT2D eigenvalue weighted by Crippen LogP contribution is 2.27. The molecule has 21 heavy (non-hydrogen) atoms. The molecule has 0 fully saturated rings. The van der Waals surface area contributed by atoms with Crippen LogP contribution < -0.4 is 0 Å². The smallest absolute Gasteiger partial charge is 0.309 e. The summed E-state index contributed by atoms with van der Waals surface area (Å²) in [5.41, 5.74) is 0.658. The SMILES string of the molecule is CC(C)(Cc1cccc(-c2nc(Cl)ccc2F)c1)C(=O)O. The summed E-state index contributed by atoms with van der Waals surface area (Å²) in [4.78, 5) is 15.2. The Labute approximate surface area is 127 Å². The Balaban J connectivity index is 2.38. The van der Waals surface area contributed by atoms with E-state index in [9.17, 15) is 14.3 Å². The lowest BCUT2D eigenvalue weighted by atomic mass is 9.85. The lowest BCUT2D eigenvalue weighted by Gasteiger charge is -2.19. The maximum atomic E-state index is 13.8. The van der Waals surface area contributed by atoms with Crippen LogP contribution in [0.15, 0.2) is 36.4 Å². The molecule has 2 aromatic rings. The van der Waals surface area contributed by atoms with Crippen LogP contribution >= 0.6 is 11.6 Å². The third-order valence-corrected chi connectivity index (χ3v) is 3.45. The Morgan fingerprint density at radius 1 is 1.33 bits per heavy atom. The molecular weight excluding hydrogens is 293 g/mol. The zero-order valence-corrected chi connectivity index (χ0v) is 12.5. The van der Waals surface area contributed by atoms with Crippen molar-refractivity contribution in [3.63, 3.8) is 0 Å². The van der Waals surface area contributed by atoms with Gasteiger partial charge in [0.2, 0.25) is 0 Å². The summed E-state index contributed by atoms with van der Waals surface area (Å²) in [7, 11) is 0. The van der Waals surface area contributed by atoms with Crippen LogP contribution in [0.2, 0.25) is 5.15 Å². The van der Waals surface area contributed by atoms with Gasteiger partial charge in [-0.1, -0.05) is 29.8 Å². The maximum Gasteiger partial charge on any atom is 0.309 e. The molecule has 0 spiro atoms. The Hall–Kier alpha value is -1.94. The molecule has 0 saturated carbocycles. The van der Waals surface area contributed by atoms with Crippen molar-refractivity contribution in [3.05, 3.63) is 52.9 Å². The molecule has 1 aromatic carbocycles. The summed E-state index contributed by atoms with van der Waals surface area (Å²) in [6.45, 7) is 3.31. The van der Waals surface area contributed by atoms with Gasteiger partial charge in [0.1, 0.15) is 16.7 Å². The van der Waals surface area contributed by atoms with Crippen molar-refractivity contribution in [1.29, 1.82) is 0 Å². The topological polar surface area (TPSA) is 50.2 Å². The number of halogens is 2. The number of hydrogen-bond acceptors (Lipinski definition) is 2. The van der Waals surface area contributed by atoms with Crippen LogP contribution in [0.1, 0.15) is 19.4 Å². The number of aromatic nitrogens is 1. The third-order valence-electron chi connectivity index (χ3n) is 3.24. The Bertz CT molecular complexity index is 686. The second kappa shape index (κ2) is 5.82. The fourth-order valence-corrected chi connectivity index (χ4v) is 2.18. The number of benzene rings is 1. The molecule has 1 heterocycles. The minimum absolute atomic E-state index is 0.164. The number of pyridine rings is 1. The van der Waals surface area contributed by atoms with E-state index in [0.29, 0.717) is 12.0 Å². The molecule has 0 saturated heterocycles. The van der Waals surface area contributed by atoms with Gasteiger partial charge in [0.15, 0.2) is 0 Å². The van der Waals surface area contributed by atoms with Crippen LogP contribution in [0.4, 0.5) is 4.39 Å². The van der Waals surface area contributed by atoms with Gasteiger partial charge >= 0.3 is 5.97 Å². The first-order valence-electron chi connectivity index (χ1n) is 6.44. The third kappa shape index (κ3) is 3.58. The summed E-state index contributed by atoms with van der Waals surface area (Å²) >= 11 is 5.80. The van der Waals surface area contributed by atoms with Gasteiger partial charge in [-0.2, -0.15) is 0 Å². The largest absolute Gasteiger partial charge is 0.481 e. The van der Waals surface area contributed by atoms with Gasteiger partial charge in [0.05, 0.1) is 5.41 Å². The predicted octanol–water partition coefficient (Wildman–Crippen LogP) is 4.19. The average Bonchev–Trinajstić information content (AvgIpc) is 2.41. The van der Waals surface area contributed by atoms with Gasteiger partial charge in [-0.05, 0) is 44.0 Å². The average molecular weight is 308 g/mol. The lowest BCUT2D eigenvalue weighted by Crippen LogP contribution is -2.26. The van der Waals surface area contributed by atoms with Crippen molar-refractivity contribution < 1.29 is 14.3 Å². The molecule has 110 valence electrons. The van der Waals surface area contributed by atoms with E-state index in [4.69, 9.17) is 11.6 Å². The molecule has 1 N–H and O–H groups in total. The number of carbonyl (C=O) groups is 1. The van der Waals surface area contributed by atoms with E-state index in [2.05, 4.69) is 4.98 Å². The van der Waals surface area contributed by atoms with E-state index in [1.807, 2.05) is 6.07 Å². The summed E-state index contributed by atoms with van der Waals surface area (Å²) in [5.74, 6) is -1.34. The van der Waals surface area contributed by atoms with Crippen molar-refractivity contribution in [2.75, 3.05) is 0 Å². The number of hydrogen-bond donors (Lipinski definition) is 1. The molecule has 5 heteroatoms. The Kier molecular flexibility index (Phi) is 4.28. The van der Waals surface area contributed by atoms with Crippen molar-refractivity contribution >= 4 is 17.6 Å². The molecule has 1 aromatic heterocycles. The summed E-state index contributed by atoms with van der Waals surface area (Å²) in [5, 5.41) is 9.39. The Morgan fingerprint density at radius 3 is 2.71 bits per heavy atom. The molecule has 2 rings (SSSR count). The second-order valence-electron chi connectivity index (χ2n) is 5.53. The van der Waals surface area contributed by atoms with E-state index in [1.54, 1.807) is 32.0 Å². The minimum Gasteiger partial charge on any atom is -0.481 e. The first kappa shape index (κ1) is 15.4. The quantitative estimate of drug-likeness (QED) is 0.861. The highest BCUT2D eigenvalue weighted by molar-refractivity contribution is 6.29. The first-order valence-corrected chi connectivity index (χ1v) is 6.82. The molecule has 0 radical (unpaired) electrons. The van der Waals surface area contributed by atoms with Gasteiger partial charge in [-0.15, -0.1) is 0 Å². The van der Waals surface area contributed by atoms with Gasteiger partial charge in [-0.25, -0.2) is 9.37 Å². The number of carboxylic acids is 1. The van der Waals surface area contributed by atoms with E-state index in [0.717, 1.165) is 5.56 Å². The van der Waals surface area contributed by atoms with Crippen molar-refractivity contribution in [2.45, 2.75) is 20.3 Å². The van der Waals surface area contributed by atoms with Gasteiger partial charge in [0, 0.05) is 5.56 Å². The van der Waals surface area contributed by atoms with E-state index < -0.39 is 17.2 Å². The van der Waals surface area contributed by atoms with Crippen LogP contribution in [0.3, 0.4) is 0 Å². The molecule has 3 nitrogen and oxygen atoms in total. The molecule has 0 unspecified atom stereocenters. The maximum absolute atomic E-state index is 13.8. The number of carboxylic acid groups (broad SMARTS) is 1. The van der Waals surface area contributed by atoms with Crippen molar-refractivity contribution in [2.24, 2.45) is 5.41 Å². The summed E-state index contributed by atoms with van der Waals surface area (Å²) in [6.07, 6.45) is 0.346. The molecule has 0 amide bonds. The number of aliphatic carboxylic acids is 1. The first-order chi connectivity index (χ1) is 9.79. The molecule has 0 bridgehead atoms. The fourth-order valence-electron chi connectivity index (χ4n) is 2.04. The van der Waals surface area contributed by atoms with E-state index in [1.165, 1.54) is 12.1 Å². The van der Waals surface area contributed by atoms with Crippen LogP contribution in [0.25, 0.3) is 11.3 Å². The van der Waals surface area contributed by atoms with Crippen LogP contribution in [0.5, 0.6) is 0 Å². The molecule has 0 aliphatic heterocycles. The molecule has 0 atom stereocenters.